The molecule has 2 rings (SSSR count). The Hall–Kier alpha value is -1.32. The maximum absolute atomic E-state index is 12.1. The Morgan fingerprint density at radius 2 is 2.18 bits per heavy atom. The van der Waals surface area contributed by atoms with Crippen LogP contribution < -0.4 is 0 Å². The van der Waals surface area contributed by atoms with E-state index in [9.17, 15) is 9.59 Å². The molecular formula is C13H18O4. The predicted molar refractivity (Wildman–Crippen MR) is 61.1 cm³/mol. The summed E-state index contributed by atoms with van der Waals surface area (Å²) in [4.78, 5) is 24.1. The Labute approximate surface area is 101 Å². The average Bonchev–Trinajstić information content (AvgIpc) is 2.66. The van der Waals surface area contributed by atoms with Gasteiger partial charge in [0.1, 0.15) is 5.76 Å². The minimum Gasteiger partial charge on any atom is -0.501 e. The Balaban J connectivity index is 2.41. The maximum Gasteiger partial charge on any atom is 0.313 e. The zero-order valence-corrected chi connectivity index (χ0v) is 10.5. The van der Waals surface area contributed by atoms with Gasteiger partial charge in [-0.15, -0.1) is 0 Å². The number of esters is 1. The first-order valence-electron chi connectivity index (χ1n) is 5.90. The van der Waals surface area contributed by atoms with Gasteiger partial charge in [0.05, 0.1) is 19.6 Å². The summed E-state index contributed by atoms with van der Waals surface area (Å²) in [7, 11) is 2.91. The first-order chi connectivity index (χ1) is 8.03. The molecule has 0 bridgehead atoms. The molecule has 4 heteroatoms. The van der Waals surface area contributed by atoms with Gasteiger partial charge < -0.3 is 9.47 Å². The second kappa shape index (κ2) is 4.17. The third-order valence-electron chi connectivity index (χ3n) is 4.01. The van der Waals surface area contributed by atoms with Crippen LogP contribution in [0.2, 0.25) is 0 Å². The van der Waals surface area contributed by atoms with Crippen LogP contribution in [0.1, 0.15) is 26.2 Å². The summed E-state index contributed by atoms with van der Waals surface area (Å²) in [5.74, 6) is 0.452. The molecule has 0 N–H and O–H groups in total. The van der Waals surface area contributed by atoms with Crippen molar-refractivity contribution < 1.29 is 19.1 Å². The van der Waals surface area contributed by atoms with E-state index >= 15 is 0 Å². The quantitative estimate of drug-likeness (QED) is 0.687. The fourth-order valence-corrected chi connectivity index (χ4v) is 3.31. The van der Waals surface area contributed by atoms with Gasteiger partial charge in [-0.3, -0.25) is 9.59 Å². The standard InChI is InChI=1S/C13H18O4/c1-8-4-10-11(14)5-9(16-2)7-13(10,6-8)12(15)17-3/h5,8,10H,4,6-7H2,1-3H3. The molecule has 1 fully saturated rings. The van der Waals surface area contributed by atoms with Gasteiger partial charge in [0.15, 0.2) is 5.78 Å². The second-order valence-electron chi connectivity index (χ2n) is 5.14. The van der Waals surface area contributed by atoms with Crippen molar-refractivity contribution in [2.45, 2.75) is 26.2 Å². The lowest BCUT2D eigenvalue weighted by Gasteiger charge is -2.34. The van der Waals surface area contributed by atoms with Crippen molar-refractivity contribution in [2.75, 3.05) is 14.2 Å². The number of hydrogen-bond donors (Lipinski definition) is 0. The number of methoxy groups -OCH3 is 2. The highest BCUT2D eigenvalue weighted by atomic mass is 16.5. The van der Waals surface area contributed by atoms with Gasteiger partial charge in [0.25, 0.3) is 0 Å². The Bertz CT molecular complexity index is 385. The normalized spacial score (nSPS) is 36.2. The average molecular weight is 238 g/mol. The summed E-state index contributed by atoms with van der Waals surface area (Å²) < 4.78 is 10.1. The van der Waals surface area contributed by atoms with Crippen molar-refractivity contribution in [3.63, 3.8) is 0 Å². The lowest BCUT2D eigenvalue weighted by atomic mass is 9.69. The summed E-state index contributed by atoms with van der Waals surface area (Å²) >= 11 is 0. The molecule has 1 saturated carbocycles. The van der Waals surface area contributed by atoms with Crippen molar-refractivity contribution in [2.24, 2.45) is 17.3 Å². The van der Waals surface area contributed by atoms with E-state index in [2.05, 4.69) is 6.92 Å². The summed E-state index contributed by atoms with van der Waals surface area (Å²) in [5.41, 5.74) is -0.689. The summed E-state index contributed by atoms with van der Waals surface area (Å²) in [6, 6.07) is 0. The van der Waals surface area contributed by atoms with Crippen LogP contribution in [0.4, 0.5) is 0 Å². The second-order valence-corrected chi connectivity index (χ2v) is 5.14. The first-order valence-corrected chi connectivity index (χ1v) is 5.90. The van der Waals surface area contributed by atoms with Crippen LogP contribution in [0.15, 0.2) is 11.8 Å². The van der Waals surface area contributed by atoms with E-state index in [0.717, 1.165) is 6.42 Å². The molecule has 17 heavy (non-hydrogen) atoms. The largest absolute Gasteiger partial charge is 0.501 e. The lowest BCUT2D eigenvalue weighted by Crippen LogP contribution is -2.42. The van der Waals surface area contributed by atoms with Crippen LogP contribution in [0.5, 0.6) is 0 Å². The number of rotatable bonds is 2. The van der Waals surface area contributed by atoms with Crippen molar-refractivity contribution >= 4 is 11.8 Å². The van der Waals surface area contributed by atoms with Crippen LogP contribution in [0.25, 0.3) is 0 Å². The zero-order chi connectivity index (χ0) is 12.6. The number of carbonyl (C=O) groups is 2. The SMILES string of the molecule is COC(=O)C12CC(OC)=CC(=O)C1CC(C)C2. The Kier molecular flexibility index (Phi) is 2.98. The molecule has 3 atom stereocenters. The third-order valence-corrected chi connectivity index (χ3v) is 4.01. The molecule has 0 aromatic heterocycles. The van der Waals surface area contributed by atoms with E-state index in [4.69, 9.17) is 9.47 Å². The molecule has 0 spiro atoms. The van der Waals surface area contributed by atoms with Gasteiger partial charge in [-0.1, -0.05) is 6.92 Å². The number of carbonyl (C=O) groups excluding carboxylic acids is 2. The molecule has 0 aliphatic heterocycles. The van der Waals surface area contributed by atoms with E-state index < -0.39 is 5.41 Å². The van der Waals surface area contributed by atoms with E-state index in [0.29, 0.717) is 24.5 Å². The van der Waals surface area contributed by atoms with Gasteiger partial charge >= 0.3 is 5.97 Å². The summed E-state index contributed by atoms with van der Waals surface area (Å²) in [5, 5.41) is 0. The highest BCUT2D eigenvalue weighted by molar-refractivity contribution is 5.98. The fourth-order valence-electron chi connectivity index (χ4n) is 3.31. The van der Waals surface area contributed by atoms with Gasteiger partial charge in [-0.25, -0.2) is 0 Å². The topological polar surface area (TPSA) is 52.6 Å². The van der Waals surface area contributed by atoms with E-state index in [-0.39, 0.29) is 17.7 Å². The molecule has 0 heterocycles. The van der Waals surface area contributed by atoms with Crippen LogP contribution >= 0.6 is 0 Å². The van der Waals surface area contributed by atoms with Crippen LogP contribution in [0.3, 0.4) is 0 Å². The molecule has 0 aromatic carbocycles. The Morgan fingerprint density at radius 3 is 2.76 bits per heavy atom. The van der Waals surface area contributed by atoms with Crippen LogP contribution in [-0.2, 0) is 19.1 Å². The van der Waals surface area contributed by atoms with Crippen molar-refractivity contribution in [1.29, 1.82) is 0 Å². The Morgan fingerprint density at radius 1 is 1.47 bits per heavy atom. The molecule has 3 unspecified atom stereocenters. The monoisotopic (exact) mass is 238 g/mol. The molecule has 2 aliphatic rings. The number of fused-ring (bicyclic) bond motifs is 1. The van der Waals surface area contributed by atoms with Crippen molar-refractivity contribution in [1.82, 2.24) is 0 Å². The smallest absolute Gasteiger partial charge is 0.313 e. The summed E-state index contributed by atoms with van der Waals surface area (Å²) in [6.07, 6.45) is 3.49. The maximum atomic E-state index is 12.1. The fraction of sp³-hybridized carbons (Fsp3) is 0.692. The molecule has 0 aromatic rings. The minimum absolute atomic E-state index is 0.00264. The predicted octanol–water partition coefficient (Wildman–Crippen LogP) is 1.70. The van der Waals surface area contributed by atoms with Crippen LogP contribution in [-0.4, -0.2) is 26.0 Å². The zero-order valence-electron chi connectivity index (χ0n) is 10.5. The molecule has 0 saturated heterocycles. The molecule has 0 radical (unpaired) electrons. The molecule has 0 amide bonds. The van der Waals surface area contributed by atoms with Crippen LogP contribution in [0, 0.1) is 17.3 Å². The van der Waals surface area contributed by atoms with Gasteiger partial charge in [-0.05, 0) is 18.8 Å². The highest BCUT2D eigenvalue weighted by Crippen LogP contribution is 2.53. The van der Waals surface area contributed by atoms with Crippen molar-refractivity contribution in [3.05, 3.63) is 11.8 Å². The van der Waals surface area contributed by atoms with E-state index in [1.807, 2.05) is 0 Å². The molecule has 2 aliphatic carbocycles. The van der Waals surface area contributed by atoms with Gasteiger partial charge in [0, 0.05) is 18.4 Å². The highest BCUT2D eigenvalue weighted by Gasteiger charge is 2.57. The van der Waals surface area contributed by atoms with Gasteiger partial charge in [-0.2, -0.15) is 0 Å². The number of allylic oxidation sites excluding steroid dienone is 2. The summed E-state index contributed by atoms with van der Waals surface area (Å²) in [6.45, 7) is 2.07. The van der Waals surface area contributed by atoms with Crippen molar-refractivity contribution in [3.8, 4) is 0 Å². The number of hydrogen-bond acceptors (Lipinski definition) is 4. The van der Waals surface area contributed by atoms with E-state index in [1.165, 1.54) is 20.3 Å². The molecule has 4 nitrogen and oxygen atoms in total. The first kappa shape index (κ1) is 12.1. The number of ketones is 1. The van der Waals surface area contributed by atoms with E-state index in [1.54, 1.807) is 0 Å². The van der Waals surface area contributed by atoms with Gasteiger partial charge in [0.2, 0.25) is 0 Å². The number of ether oxygens (including phenoxy) is 2. The molecular weight excluding hydrogens is 220 g/mol. The lowest BCUT2D eigenvalue weighted by molar-refractivity contribution is -0.158. The molecule has 94 valence electrons. The minimum atomic E-state index is -0.689. The third kappa shape index (κ3) is 1.75.